The van der Waals surface area contributed by atoms with Gasteiger partial charge in [0.2, 0.25) is 5.82 Å². The summed E-state index contributed by atoms with van der Waals surface area (Å²) < 4.78 is 0.762. The number of anilines is 1. The molecule has 0 aromatic carbocycles. The molecule has 1 aromatic rings. The van der Waals surface area contributed by atoms with E-state index in [0.717, 1.165) is 23.0 Å². The molecule has 0 amide bonds. The van der Waals surface area contributed by atoms with Gasteiger partial charge in [-0.15, -0.1) is 0 Å². The van der Waals surface area contributed by atoms with E-state index >= 15 is 0 Å². The molecule has 5 heteroatoms. The second-order valence-corrected chi connectivity index (χ2v) is 4.87. The van der Waals surface area contributed by atoms with Crippen LogP contribution in [0.25, 0.3) is 0 Å². The zero-order valence-electron chi connectivity index (χ0n) is 8.91. The Bertz CT molecular complexity index is 432. The molecule has 16 heavy (non-hydrogen) atoms. The molecule has 1 aliphatic carbocycles. The second-order valence-electron chi connectivity index (χ2n) is 4.08. The number of nitrogens with zero attached hydrogens (tertiary/aromatic N) is 3. The van der Waals surface area contributed by atoms with Gasteiger partial charge in [-0.3, -0.25) is 0 Å². The van der Waals surface area contributed by atoms with Crippen LogP contribution in [0.15, 0.2) is 4.47 Å². The molecule has 1 aromatic heterocycles. The third-order valence-electron chi connectivity index (χ3n) is 2.99. The van der Waals surface area contributed by atoms with Crippen molar-refractivity contribution in [3.8, 4) is 6.07 Å². The van der Waals surface area contributed by atoms with Crippen LogP contribution in [0.2, 0.25) is 0 Å². The van der Waals surface area contributed by atoms with Gasteiger partial charge in [0.15, 0.2) is 0 Å². The van der Waals surface area contributed by atoms with Crippen LogP contribution in [0.5, 0.6) is 0 Å². The van der Waals surface area contributed by atoms with Gasteiger partial charge in [0, 0.05) is 5.92 Å². The molecular weight excluding hydrogens is 268 g/mol. The minimum absolute atomic E-state index is 0.168. The number of halogens is 1. The van der Waals surface area contributed by atoms with E-state index in [0.29, 0.717) is 11.7 Å². The lowest BCUT2D eigenvalue weighted by Gasteiger charge is -2.22. The van der Waals surface area contributed by atoms with Crippen molar-refractivity contribution in [3.05, 3.63) is 16.0 Å². The number of nitrogen functional groups attached to an aromatic ring is 1. The maximum absolute atomic E-state index is 8.83. The minimum atomic E-state index is 0.168. The van der Waals surface area contributed by atoms with Gasteiger partial charge in [-0.05, 0) is 28.8 Å². The molecule has 1 saturated carbocycles. The predicted octanol–water partition coefficient (Wildman–Crippen LogP) is 2.74. The van der Waals surface area contributed by atoms with Crippen molar-refractivity contribution in [1.29, 1.82) is 5.26 Å². The number of nitriles is 1. The zero-order valence-corrected chi connectivity index (χ0v) is 10.5. The zero-order chi connectivity index (χ0) is 11.5. The number of aromatic nitrogens is 2. The van der Waals surface area contributed by atoms with Crippen LogP contribution in [0.4, 0.5) is 5.82 Å². The highest BCUT2D eigenvalue weighted by atomic mass is 79.9. The molecule has 0 spiro atoms. The number of hydrogen-bond donors (Lipinski definition) is 1. The average Bonchev–Trinajstić information content (AvgIpc) is 2.33. The van der Waals surface area contributed by atoms with Gasteiger partial charge in [0.05, 0.1) is 10.2 Å². The molecule has 0 bridgehead atoms. The van der Waals surface area contributed by atoms with E-state index in [9.17, 15) is 0 Å². The maximum atomic E-state index is 8.83. The van der Waals surface area contributed by atoms with E-state index in [2.05, 4.69) is 25.9 Å². The molecule has 1 aliphatic rings. The van der Waals surface area contributed by atoms with Crippen molar-refractivity contribution >= 4 is 21.7 Å². The largest absolute Gasteiger partial charge is 0.383 e. The summed E-state index contributed by atoms with van der Waals surface area (Å²) in [6, 6.07) is 1.95. The minimum Gasteiger partial charge on any atom is -0.383 e. The molecular formula is C11H13BrN4. The Labute approximate surface area is 103 Å². The van der Waals surface area contributed by atoms with Crippen molar-refractivity contribution in [2.45, 2.75) is 38.0 Å². The van der Waals surface area contributed by atoms with E-state index in [1.54, 1.807) is 0 Å². The highest BCUT2D eigenvalue weighted by molar-refractivity contribution is 9.10. The van der Waals surface area contributed by atoms with Gasteiger partial charge < -0.3 is 5.73 Å². The molecule has 2 N–H and O–H groups in total. The summed E-state index contributed by atoms with van der Waals surface area (Å²) in [6.07, 6.45) is 5.99. The summed E-state index contributed by atoms with van der Waals surface area (Å²) in [6.45, 7) is 0. The number of rotatable bonds is 1. The summed E-state index contributed by atoms with van der Waals surface area (Å²) in [5.41, 5.74) is 6.66. The first-order chi connectivity index (χ1) is 7.72. The predicted molar refractivity (Wildman–Crippen MR) is 64.7 cm³/mol. The van der Waals surface area contributed by atoms with Gasteiger partial charge in [-0.1, -0.05) is 19.3 Å². The van der Waals surface area contributed by atoms with Crippen LogP contribution in [0.3, 0.4) is 0 Å². The monoisotopic (exact) mass is 280 g/mol. The second kappa shape index (κ2) is 4.79. The van der Waals surface area contributed by atoms with Gasteiger partial charge in [0.25, 0.3) is 0 Å². The van der Waals surface area contributed by atoms with Gasteiger partial charge in [-0.25, -0.2) is 9.97 Å². The first-order valence-corrected chi connectivity index (χ1v) is 6.24. The fourth-order valence-corrected chi connectivity index (χ4v) is 2.68. The topological polar surface area (TPSA) is 75.6 Å². The SMILES string of the molecule is N#Cc1nc(N)c(Br)c(C2CCCCC2)n1. The molecule has 2 rings (SSSR count). The average molecular weight is 281 g/mol. The third-order valence-corrected chi connectivity index (χ3v) is 3.81. The molecule has 0 radical (unpaired) electrons. The van der Waals surface area contributed by atoms with Crippen LogP contribution in [-0.4, -0.2) is 9.97 Å². The number of hydrogen-bond acceptors (Lipinski definition) is 4. The van der Waals surface area contributed by atoms with E-state index in [4.69, 9.17) is 11.0 Å². The fraction of sp³-hybridized carbons (Fsp3) is 0.545. The van der Waals surface area contributed by atoms with Crippen LogP contribution >= 0.6 is 15.9 Å². The summed E-state index contributed by atoms with van der Waals surface area (Å²) in [5.74, 6) is 0.953. The molecule has 0 unspecified atom stereocenters. The molecule has 1 heterocycles. The quantitative estimate of drug-likeness (QED) is 0.858. The summed E-state index contributed by atoms with van der Waals surface area (Å²) >= 11 is 3.42. The normalized spacial score (nSPS) is 17.0. The molecule has 0 saturated heterocycles. The molecule has 1 fully saturated rings. The van der Waals surface area contributed by atoms with E-state index < -0.39 is 0 Å². The van der Waals surface area contributed by atoms with Crippen LogP contribution < -0.4 is 5.73 Å². The van der Waals surface area contributed by atoms with Crippen molar-refractivity contribution in [3.63, 3.8) is 0 Å². The van der Waals surface area contributed by atoms with Gasteiger partial charge in [0.1, 0.15) is 11.9 Å². The van der Waals surface area contributed by atoms with E-state index in [1.807, 2.05) is 6.07 Å². The Hall–Kier alpha value is -1.15. The first kappa shape index (κ1) is 11.3. The number of nitrogens with two attached hydrogens (primary N) is 1. The Kier molecular flexibility index (Phi) is 3.39. The standard InChI is InChI=1S/C11H13BrN4/c12-9-10(7-4-2-1-3-5-7)15-8(6-13)16-11(9)14/h7H,1-5H2,(H2,14,15,16). The van der Waals surface area contributed by atoms with Crippen LogP contribution in [0, 0.1) is 11.3 Å². The molecule has 4 nitrogen and oxygen atoms in total. The molecule has 84 valence electrons. The molecule has 0 atom stereocenters. The fourth-order valence-electron chi connectivity index (χ4n) is 2.18. The van der Waals surface area contributed by atoms with Crippen molar-refractivity contribution < 1.29 is 0 Å². The van der Waals surface area contributed by atoms with E-state index in [-0.39, 0.29) is 5.82 Å². The van der Waals surface area contributed by atoms with Crippen molar-refractivity contribution in [1.82, 2.24) is 9.97 Å². The lowest BCUT2D eigenvalue weighted by Crippen LogP contribution is -2.11. The summed E-state index contributed by atoms with van der Waals surface area (Å²) in [5, 5.41) is 8.83. The highest BCUT2D eigenvalue weighted by Crippen LogP contribution is 2.36. The Balaban J connectivity index is 2.38. The third kappa shape index (κ3) is 2.17. The summed E-state index contributed by atoms with van der Waals surface area (Å²) in [7, 11) is 0. The smallest absolute Gasteiger partial charge is 0.234 e. The Morgan fingerprint density at radius 1 is 1.25 bits per heavy atom. The summed E-state index contributed by atoms with van der Waals surface area (Å²) in [4.78, 5) is 8.18. The maximum Gasteiger partial charge on any atom is 0.234 e. The molecule has 0 aliphatic heterocycles. The van der Waals surface area contributed by atoms with Crippen molar-refractivity contribution in [2.75, 3.05) is 5.73 Å². The van der Waals surface area contributed by atoms with Gasteiger partial charge >= 0.3 is 0 Å². The highest BCUT2D eigenvalue weighted by Gasteiger charge is 2.21. The lowest BCUT2D eigenvalue weighted by molar-refractivity contribution is 0.435. The van der Waals surface area contributed by atoms with Gasteiger partial charge in [-0.2, -0.15) is 5.26 Å². The lowest BCUT2D eigenvalue weighted by atomic mass is 9.87. The van der Waals surface area contributed by atoms with E-state index in [1.165, 1.54) is 19.3 Å². The van der Waals surface area contributed by atoms with Crippen LogP contribution in [-0.2, 0) is 0 Å². The Morgan fingerprint density at radius 3 is 2.56 bits per heavy atom. The first-order valence-electron chi connectivity index (χ1n) is 5.45. The Morgan fingerprint density at radius 2 is 1.94 bits per heavy atom. The van der Waals surface area contributed by atoms with Crippen molar-refractivity contribution in [2.24, 2.45) is 0 Å². The van der Waals surface area contributed by atoms with Crippen LogP contribution in [0.1, 0.15) is 49.5 Å².